The van der Waals surface area contributed by atoms with E-state index in [1.54, 1.807) is 13.2 Å². The SMILES string of the molecule is COc1cccc(CC(=O)N2CCC3(CC2)CCN(C(=O)CC2OC(=O)c4ccccc42)C3)c1. The summed E-state index contributed by atoms with van der Waals surface area (Å²) in [5, 5.41) is 0. The lowest BCUT2D eigenvalue weighted by Gasteiger charge is -2.39. The van der Waals surface area contributed by atoms with Crippen LogP contribution in [0.3, 0.4) is 0 Å². The molecule has 0 aromatic heterocycles. The number of carbonyl (C=O) groups excluding carboxylic acids is 3. The molecule has 2 aromatic rings. The second kappa shape index (κ2) is 9.12. The number of carbonyl (C=O) groups is 3. The zero-order valence-corrected chi connectivity index (χ0v) is 19.5. The molecule has 1 spiro atoms. The van der Waals surface area contributed by atoms with Crippen molar-refractivity contribution in [1.29, 1.82) is 0 Å². The van der Waals surface area contributed by atoms with Crippen LogP contribution in [-0.4, -0.2) is 60.9 Å². The number of nitrogens with zero attached hydrogens (tertiary/aromatic N) is 2. The molecule has 34 heavy (non-hydrogen) atoms. The van der Waals surface area contributed by atoms with Crippen LogP contribution < -0.4 is 4.74 Å². The van der Waals surface area contributed by atoms with Gasteiger partial charge in [-0.05, 0) is 48.4 Å². The number of cyclic esters (lactones) is 1. The van der Waals surface area contributed by atoms with Crippen molar-refractivity contribution < 1.29 is 23.9 Å². The average molecular weight is 463 g/mol. The first-order chi connectivity index (χ1) is 16.5. The average Bonchev–Trinajstić information content (AvgIpc) is 3.41. The number of benzene rings is 2. The summed E-state index contributed by atoms with van der Waals surface area (Å²) in [4.78, 5) is 41.8. The fourth-order valence-corrected chi connectivity index (χ4v) is 5.51. The molecule has 0 aliphatic carbocycles. The molecule has 3 aliphatic heterocycles. The predicted molar refractivity (Wildman–Crippen MR) is 125 cm³/mol. The molecule has 1 unspecified atom stereocenters. The highest BCUT2D eigenvalue weighted by atomic mass is 16.5. The summed E-state index contributed by atoms with van der Waals surface area (Å²) in [6.45, 7) is 2.88. The van der Waals surface area contributed by atoms with Gasteiger partial charge in [-0.1, -0.05) is 30.3 Å². The predicted octanol–water partition coefficient (Wildman–Crippen LogP) is 3.38. The number of ether oxygens (including phenoxy) is 2. The van der Waals surface area contributed by atoms with Gasteiger partial charge in [0, 0.05) is 31.7 Å². The number of likely N-dealkylation sites (tertiary alicyclic amines) is 2. The van der Waals surface area contributed by atoms with E-state index in [4.69, 9.17) is 9.47 Å². The number of methoxy groups -OCH3 is 1. The molecule has 2 aromatic carbocycles. The van der Waals surface area contributed by atoms with Gasteiger partial charge >= 0.3 is 5.97 Å². The molecule has 3 aliphatic rings. The molecule has 0 N–H and O–H groups in total. The monoisotopic (exact) mass is 462 g/mol. The van der Waals surface area contributed by atoms with Crippen molar-refractivity contribution in [2.24, 2.45) is 5.41 Å². The van der Waals surface area contributed by atoms with E-state index in [2.05, 4.69) is 0 Å². The van der Waals surface area contributed by atoms with Crippen molar-refractivity contribution in [2.75, 3.05) is 33.3 Å². The summed E-state index contributed by atoms with van der Waals surface area (Å²) in [5.41, 5.74) is 2.39. The van der Waals surface area contributed by atoms with E-state index in [0.29, 0.717) is 18.5 Å². The van der Waals surface area contributed by atoms with Crippen molar-refractivity contribution in [3.63, 3.8) is 0 Å². The van der Waals surface area contributed by atoms with Crippen molar-refractivity contribution in [2.45, 2.75) is 38.2 Å². The number of esters is 1. The Bertz CT molecular complexity index is 1110. The Morgan fingerprint density at radius 3 is 2.50 bits per heavy atom. The number of hydrogen-bond acceptors (Lipinski definition) is 5. The number of amides is 2. The molecule has 2 saturated heterocycles. The maximum atomic E-state index is 13.0. The Balaban J connectivity index is 1.14. The molecule has 2 amide bonds. The van der Waals surface area contributed by atoms with Gasteiger partial charge in [-0.25, -0.2) is 4.79 Å². The van der Waals surface area contributed by atoms with Crippen LogP contribution in [0.1, 0.15) is 53.3 Å². The molecule has 1 atom stereocenters. The highest BCUT2D eigenvalue weighted by molar-refractivity contribution is 5.94. The van der Waals surface area contributed by atoms with Gasteiger partial charge in [0.15, 0.2) is 0 Å². The van der Waals surface area contributed by atoms with Gasteiger partial charge in [0.2, 0.25) is 11.8 Å². The van der Waals surface area contributed by atoms with Crippen LogP contribution in [0.15, 0.2) is 48.5 Å². The maximum absolute atomic E-state index is 13.0. The number of piperidine rings is 1. The van der Waals surface area contributed by atoms with E-state index in [9.17, 15) is 14.4 Å². The lowest BCUT2D eigenvalue weighted by Crippen LogP contribution is -2.45. The van der Waals surface area contributed by atoms with E-state index in [-0.39, 0.29) is 29.6 Å². The summed E-state index contributed by atoms with van der Waals surface area (Å²) >= 11 is 0. The maximum Gasteiger partial charge on any atom is 0.339 e. The van der Waals surface area contributed by atoms with Gasteiger partial charge in [0.25, 0.3) is 0 Å². The quantitative estimate of drug-likeness (QED) is 0.637. The van der Waals surface area contributed by atoms with Crippen LogP contribution >= 0.6 is 0 Å². The third-order valence-electron chi connectivity index (χ3n) is 7.59. The molecule has 178 valence electrons. The van der Waals surface area contributed by atoms with Crippen LogP contribution in [0.2, 0.25) is 0 Å². The van der Waals surface area contributed by atoms with Crippen molar-refractivity contribution in [3.8, 4) is 5.75 Å². The van der Waals surface area contributed by atoms with Crippen LogP contribution in [0, 0.1) is 5.41 Å². The van der Waals surface area contributed by atoms with E-state index in [1.165, 1.54) is 0 Å². The Hall–Kier alpha value is -3.35. The highest BCUT2D eigenvalue weighted by Gasteiger charge is 2.43. The largest absolute Gasteiger partial charge is 0.497 e. The van der Waals surface area contributed by atoms with E-state index >= 15 is 0 Å². The molecule has 2 fully saturated rings. The Morgan fingerprint density at radius 1 is 1.00 bits per heavy atom. The van der Waals surface area contributed by atoms with Crippen molar-refractivity contribution in [3.05, 3.63) is 65.2 Å². The Morgan fingerprint density at radius 2 is 1.74 bits per heavy atom. The second-order valence-electron chi connectivity index (χ2n) is 9.66. The topological polar surface area (TPSA) is 76.2 Å². The van der Waals surface area contributed by atoms with Crippen molar-refractivity contribution >= 4 is 17.8 Å². The lowest BCUT2D eigenvalue weighted by molar-refractivity contribution is -0.135. The fourth-order valence-electron chi connectivity index (χ4n) is 5.51. The van der Waals surface area contributed by atoms with E-state index in [1.807, 2.05) is 52.3 Å². The smallest absolute Gasteiger partial charge is 0.339 e. The molecule has 0 bridgehead atoms. The molecule has 3 heterocycles. The molecular formula is C27H30N2O5. The molecule has 0 radical (unpaired) electrons. The third kappa shape index (κ3) is 4.39. The van der Waals surface area contributed by atoms with Gasteiger partial charge < -0.3 is 19.3 Å². The summed E-state index contributed by atoms with van der Waals surface area (Å²) in [6.07, 6.45) is 2.82. The first-order valence-electron chi connectivity index (χ1n) is 11.9. The minimum absolute atomic E-state index is 0.0305. The van der Waals surface area contributed by atoms with E-state index < -0.39 is 6.10 Å². The zero-order chi connectivity index (χ0) is 23.7. The summed E-state index contributed by atoms with van der Waals surface area (Å²) < 4.78 is 10.7. The Labute approximate surface area is 199 Å². The molecule has 5 rings (SSSR count). The van der Waals surface area contributed by atoms with Crippen LogP contribution in [0.25, 0.3) is 0 Å². The molecule has 7 nitrogen and oxygen atoms in total. The summed E-state index contributed by atoms with van der Waals surface area (Å²) in [5.74, 6) is 0.574. The van der Waals surface area contributed by atoms with Gasteiger partial charge in [-0.2, -0.15) is 0 Å². The molecule has 7 heteroatoms. The van der Waals surface area contributed by atoms with Gasteiger partial charge in [0.1, 0.15) is 11.9 Å². The minimum atomic E-state index is -0.496. The third-order valence-corrected chi connectivity index (χ3v) is 7.59. The first kappa shape index (κ1) is 22.4. The van der Waals surface area contributed by atoms with Crippen molar-refractivity contribution in [1.82, 2.24) is 9.80 Å². The lowest BCUT2D eigenvalue weighted by atomic mass is 9.77. The van der Waals surface area contributed by atoms with Gasteiger partial charge in [-0.15, -0.1) is 0 Å². The first-order valence-corrected chi connectivity index (χ1v) is 11.9. The van der Waals surface area contributed by atoms with Crippen LogP contribution in [0.4, 0.5) is 0 Å². The number of rotatable bonds is 5. The Kier molecular flexibility index (Phi) is 6.02. The van der Waals surface area contributed by atoms with Gasteiger partial charge in [-0.3, -0.25) is 9.59 Å². The van der Waals surface area contributed by atoms with Crippen LogP contribution in [0.5, 0.6) is 5.75 Å². The van der Waals surface area contributed by atoms with E-state index in [0.717, 1.165) is 55.8 Å². The highest BCUT2D eigenvalue weighted by Crippen LogP contribution is 2.41. The van der Waals surface area contributed by atoms with Crippen LogP contribution in [-0.2, 0) is 20.7 Å². The molecular weight excluding hydrogens is 432 g/mol. The summed E-state index contributed by atoms with van der Waals surface area (Å²) in [6, 6.07) is 14.9. The second-order valence-corrected chi connectivity index (χ2v) is 9.66. The fraction of sp³-hybridized carbons (Fsp3) is 0.444. The summed E-state index contributed by atoms with van der Waals surface area (Å²) in [7, 11) is 1.62. The minimum Gasteiger partial charge on any atom is -0.497 e. The normalized spacial score (nSPS) is 20.9. The number of hydrogen-bond donors (Lipinski definition) is 0. The number of fused-ring (bicyclic) bond motifs is 1. The van der Waals surface area contributed by atoms with Gasteiger partial charge in [0.05, 0.1) is 25.5 Å². The zero-order valence-electron chi connectivity index (χ0n) is 19.5. The molecule has 0 saturated carbocycles. The standard InChI is InChI=1S/C27H30N2O5/c1-33-20-6-4-5-19(15-20)16-24(30)28-12-9-27(10-13-28)11-14-29(18-27)25(31)17-23-21-7-2-3-8-22(21)26(32)34-23/h2-8,15,23H,9-14,16-18H2,1H3.